The number of hydrogen-bond acceptors (Lipinski definition) is 7. The minimum Gasteiger partial charge on any atom is -0.381 e. The fraction of sp³-hybridized carbons (Fsp3) is 0.357. The first-order valence-corrected chi connectivity index (χ1v) is 7.96. The van der Waals surface area contributed by atoms with Crippen LogP contribution >= 0.6 is 11.3 Å². The summed E-state index contributed by atoms with van der Waals surface area (Å²) in [6.07, 6.45) is 6.44. The van der Waals surface area contributed by atoms with E-state index in [0.29, 0.717) is 18.3 Å². The first kappa shape index (κ1) is 13.5. The Balaban J connectivity index is 1.48. The molecule has 4 rings (SSSR count). The van der Waals surface area contributed by atoms with Crippen LogP contribution in [0.4, 0.5) is 0 Å². The number of aromatic nitrogens is 6. The predicted octanol–water partition coefficient (Wildman–Crippen LogP) is 1.74. The highest BCUT2D eigenvalue weighted by molar-refractivity contribution is 7.13. The van der Waals surface area contributed by atoms with Crippen molar-refractivity contribution >= 4 is 11.3 Å². The Labute approximate surface area is 131 Å². The summed E-state index contributed by atoms with van der Waals surface area (Å²) in [6.45, 7) is 2.15. The van der Waals surface area contributed by atoms with E-state index >= 15 is 0 Å². The molecule has 1 atom stereocenters. The van der Waals surface area contributed by atoms with Crippen LogP contribution in [0.2, 0.25) is 0 Å². The summed E-state index contributed by atoms with van der Waals surface area (Å²) < 4.78 is 7.21. The normalized spacial score (nSPS) is 17.9. The van der Waals surface area contributed by atoms with Gasteiger partial charge in [0.2, 0.25) is 0 Å². The molecular formula is C14H14N6OS. The predicted molar refractivity (Wildman–Crippen MR) is 80.4 cm³/mol. The molecule has 0 aromatic carbocycles. The van der Waals surface area contributed by atoms with Crippen molar-refractivity contribution in [1.29, 1.82) is 0 Å². The first-order valence-electron chi connectivity index (χ1n) is 7.08. The van der Waals surface area contributed by atoms with Gasteiger partial charge >= 0.3 is 0 Å². The van der Waals surface area contributed by atoms with Gasteiger partial charge in [-0.05, 0) is 12.5 Å². The Kier molecular flexibility index (Phi) is 3.61. The Morgan fingerprint density at radius 2 is 2.23 bits per heavy atom. The molecule has 0 unspecified atom stereocenters. The smallest absolute Gasteiger partial charge is 0.188 e. The molecule has 3 aromatic rings. The maximum absolute atomic E-state index is 5.39. The fourth-order valence-corrected chi connectivity index (χ4v) is 3.16. The molecule has 1 saturated heterocycles. The lowest BCUT2D eigenvalue weighted by Crippen LogP contribution is -2.01. The summed E-state index contributed by atoms with van der Waals surface area (Å²) in [5.41, 5.74) is 1.94. The molecule has 3 aromatic heterocycles. The highest BCUT2D eigenvalue weighted by Crippen LogP contribution is 2.23. The summed E-state index contributed by atoms with van der Waals surface area (Å²) in [5, 5.41) is 11.3. The summed E-state index contributed by atoms with van der Waals surface area (Å²) in [7, 11) is 0. The second-order valence-electron chi connectivity index (χ2n) is 5.12. The zero-order chi connectivity index (χ0) is 14.8. The van der Waals surface area contributed by atoms with Crippen LogP contribution in [0.3, 0.4) is 0 Å². The van der Waals surface area contributed by atoms with E-state index in [1.54, 1.807) is 18.5 Å². The largest absolute Gasteiger partial charge is 0.381 e. The van der Waals surface area contributed by atoms with E-state index in [0.717, 1.165) is 36.0 Å². The summed E-state index contributed by atoms with van der Waals surface area (Å²) >= 11 is 1.54. The van der Waals surface area contributed by atoms with Crippen LogP contribution in [0, 0.1) is 0 Å². The lowest BCUT2D eigenvalue weighted by atomic mass is 10.1. The minimum atomic E-state index is 0.373. The SMILES string of the molecule is c1cnc(-c2nc(Cn3cc([C@H]4CCOC4)nn3)cs2)nc1. The lowest BCUT2D eigenvalue weighted by molar-refractivity contribution is 0.193. The Bertz CT molecular complexity index is 750. The van der Waals surface area contributed by atoms with Crippen LogP contribution in [0.25, 0.3) is 10.8 Å². The second kappa shape index (κ2) is 5.90. The molecule has 1 fully saturated rings. The van der Waals surface area contributed by atoms with E-state index < -0.39 is 0 Å². The van der Waals surface area contributed by atoms with Gasteiger partial charge in [-0.15, -0.1) is 16.4 Å². The molecule has 22 heavy (non-hydrogen) atoms. The zero-order valence-corrected chi connectivity index (χ0v) is 12.6. The maximum Gasteiger partial charge on any atom is 0.188 e. The van der Waals surface area contributed by atoms with Gasteiger partial charge in [-0.1, -0.05) is 5.21 Å². The van der Waals surface area contributed by atoms with E-state index in [4.69, 9.17) is 4.74 Å². The highest BCUT2D eigenvalue weighted by Gasteiger charge is 2.20. The van der Waals surface area contributed by atoms with E-state index in [2.05, 4.69) is 25.3 Å². The Morgan fingerprint density at radius 3 is 3.05 bits per heavy atom. The zero-order valence-electron chi connectivity index (χ0n) is 11.8. The second-order valence-corrected chi connectivity index (χ2v) is 5.98. The van der Waals surface area contributed by atoms with Gasteiger partial charge in [-0.25, -0.2) is 19.6 Å². The molecule has 112 valence electrons. The Morgan fingerprint density at radius 1 is 1.32 bits per heavy atom. The van der Waals surface area contributed by atoms with Crippen molar-refractivity contribution in [3.63, 3.8) is 0 Å². The third-order valence-corrected chi connectivity index (χ3v) is 4.42. The van der Waals surface area contributed by atoms with Gasteiger partial charge in [0.05, 0.1) is 24.5 Å². The van der Waals surface area contributed by atoms with Crippen molar-refractivity contribution in [3.05, 3.63) is 41.4 Å². The molecular weight excluding hydrogens is 300 g/mol. The van der Waals surface area contributed by atoms with Crippen LogP contribution in [-0.4, -0.2) is 43.2 Å². The number of hydrogen-bond donors (Lipinski definition) is 0. The first-order chi connectivity index (χ1) is 10.9. The van der Waals surface area contributed by atoms with Crippen molar-refractivity contribution in [2.24, 2.45) is 0 Å². The fourth-order valence-electron chi connectivity index (χ4n) is 2.40. The van der Waals surface area contributed by atoms with Crippen molar-refractivity contribution in [3.8, 4) is 10.8 Å². The van der Waals surface area contributed by atoms with Gasteiger partial charge in [0.1, 0.15) is 0 Å². The van der Waals surface area contributed by atoms with E-state index in [1.807, 2.05) is 16.3 Å². The topological polar surface area (TPSA) is 78.6 Å². The maximum atomic E-state index is 5.39. The molecule has 0 spiro atoms. The van der Waals surface area contributed by atoms with E-state index in [-0.39, 0.29) is 0 Å². The molecule has 0 bridgehead atoms. The molecule has 8 heteroatoms. The average Bonchev–Trinajstić information content (AvgIpc) is 3.30. The van der Waals surface area contributed by atoms with Crippen molar-refractivity contribution < 1.29 is 4.74 Å². The molecule has 0 saturated carbocycles. The summed E-state index contributed by atoms with van der Waals surface area (Å²) in [5.74, 6) is 1.03. The molecule has 1 aliphatic rings. The van der Waals surface area contributed by atoms with Crippen molar-refractivity contribution in [2.45, 2.75) is 18.9 Å². The van der Waals surface area contributed by atoms with Crippen LogP contribution in [0.5, 0.6) is 0 Å². The molecule has 0 N–H and O–H groups in total. The minimum absolute atomic E-state index is 0.373. The van der Waals surface area contributed by atoms with Crippen molar-refractivity contribution in [1.82, 2.24) is 29.9 Å². The quantitative estimate of drug-likeness (QED) is 0.730. The van der Waals surface area contributed by atoms with Gasteiger partial charge in [-0.3, -0.25) is 0 Å². The highest BCUT2D eigenvalue weighted by atomic mass is 32.1. The van der Waals surface area contributed by atoms with Crippen LogP contribution < -0.4 is 0 Å². The number of nitrogens with zero attached hydrogens (tertiary/aromatic N) is 6. The van der Waals surface area contributed by atoms with E-state index in [1.165, 1.54) is 11.3 Å². The molecule has 0 radical (unpaired) electrons. The monoisotopic (exact) mass is 314 g/mol. The number of rotatable bonds is 4. The number of thiazole rings is 1. The lowest BCUT2D eigenvalue weighted by Gasteiger charge is -2.00. The third kappa shape index (κ3) is 2.75. The van der Waals surface area contributed by atoms with Gasteiger partial charge in [0, 0.05) is 36.5 Å². The number of ether oxygens (including phenoxy) is 1. The van der Waals surface area contributed by atoms with Crippen LogP contribution in [0.1, 0.15) is 23.7 Å². The molecule has 4 heterocycles. The summed E-state index contributed by atoms with van der Waals surface area (Å²) in [4.78, 5) is 13.0. The molecule has 0 amide bonds. The van der Waals surface area contributed by atoms with Gasteiger partial charge in [-0.2, -0.15) is 0 Å². The van der Waals surface area contributed by atoms with Gasteiger partial charge in [0.15, 0.2) is 10.8 Å². The van der Waals surface area contributed by atoms with Crippen LogP contribution in [-0.2, 0) is 11.3 Å². The van der Waals surface area contributed by atoms with Gasteiger partial charge in [0.25, 0.3) is 0 Å². The van der Waals surface area contributed by atoms with E-state index in [9.17, 15) is 0 Å². The molecule has 0 aliphatic carbocycles. The third-order valence-electron chi connectivity index (χ3n) is 3.54. The Hall–Kier alpha value is -2.19. The van der Waals surface area contributed by atoms with Gasteiger partial charge < -0.3 is 4.74 Å². The molecule has 1 aliphatic heterocycles. The molecule has 7 nitrogen and oxygen atoms in total. The summed E-state index contributed by atoms with van der Waals surface area (Å²) in [6, 6.07) is 1.79. The van der Waals surface area contributed by atoms with Crippen LogP contribution in [0.15, 0.2) is 30.0 Å². The van der Waals surface area contributed by atoms with Crippen molar-refractivity contribution in [2.75, 3.05) is 13.2 Å². The average molecular weight is 314 g/mol. The standard InChI is InChI=1S/C14H14N6OS/c1-3-15-13(16-4-1)14-17-11(9-22-14)6-20-7-12(18-19-20)10-2-5-21-8-10/h1,3-4,7,9-10H,2,5-6,8H2/t10-/m0/s1.